The maximum absolute atomic E-state index is 11.5. The fraction of sp³-hybridized carbons (Fsp3) is 0.533. The number of fused-ring (bicyclic) bond motifs is 1. The smallest absolute Gasteiger partial charge is 0.136 e. The first-order valence-corrected chi connectivity index (χ1v) is 6.43. The van der Waals surface area contributed by atoms with E-state index in [9.17, 15) is 4.79 Å². The van der Waals surface area contributed by atoms with Crippen LogP contribution in [0.2, 0.25) is 0 Å². The van der Waals surface area contributed by atoms with Crippen molar-refractivity contribution in [3.05, 3.63) is 29.8 Å². The van der Waals surface area contributed by atoms with E-state index in [-0.39, 0.29) is 0 Å². The Labute approximate surface area is 102 Å². The molecule has 0 aliphatic heterocycles. The van der Waals surface area contributed by atoms with Crippen LogP contribution >= 0.6 is 0 Å². The van der Waals surface area contributed by atoms with Gasteiger partial charge in [0.25, 0.3) is 0 Å². The van der Waals surface area contributed by atoms with E-state index in [1.54, 1.807) is 7.11 Å². The van der Waals surface area contributed by atoms with Crippen molar-refractivity contribution in [2.75, 3.05) is 7.11 Å². The van der Waals surface area contributed by atoms with Crippen LogP contribution in [0.4, 0.5) is 0 Å². The molecule has 1 aromatic carbocycles. The summed E-state index contributed by atoms with van der Waals surface area (Å²) in [5.41, 5.74) is 1.37. The maximum Gasteiger partial charge on any atom is 0.136 e. The van der Waals surface area contributed by atoms with Gasteiger partial charge in [0.2, 0.25) is 0 Å². The van der Waals surface area contributed by atoms with Crippen molar-refractivity contribution in [1.82, 2.24) is 0 Å². The molecule has 2 saturated carbocycles. The molecule has 0 aromatic heterocycles. The van der Waals surface area contributed by atoms with Gasteiger partial charge >= 0.3 is 0 Å². The van der Waals surface area contributed by atoms with E-state index >= 15 is 0 Å². The molecule has 3 rings (SSSR count). The number of hydrogen-bond donors (Lipinski definition) is 0. The van der Waals surface area contributed by atoms with Crippen molar-refractivity contribution < 1.29 is 9.53 Å². The van der Waals surface area contributed by atoms with Crippen molar-refractivity contribution in [3.8, 4) is 5.75 Å². The molecule has 2 aliphatic carbocycles. The highest BCUT2D eigenvalue weighted by Crippen LogP contribution is 2.51. The molecule has 2 heteroatoms. The van der Waals surface area contributed by atoms with Crippen molar-refractivity contribution in [2.24, 2.45) is 17.8 Å². The molecule has 2 nitrogen and oxygen atoms in total. The number of ether oxygens (including phenoxy) is 1. The zero-order chi connectivity index (χ0) is 11.8. The third-order valence-electron chi connectivity index (χ3n) is 4.28. The molecule has 3 unspecified atom stereocenters. The summed E-state index contributed by atoms with van der Waals surface area (Å²) < 4.78 is 5.16. The Morgan fingerprint density at radius 3 is 2.76 bits per heavy atom. The van der Waals surface area contributed by atoms with Gasteiger partial charge in [-0.15, -0.1) is 0 Å². The second-order valence-electron chi connectivity index (χ2n) is 5.32. The van der Waals surface area contributed by atoms with E-state index in [1.807, 2.05) is 12.1 Å². The van der Waals surface area contributed by atoms with Gasteiger partial charge in [-0.2, -0.15) is 0 Å². The number of methoxy groups -OCH3 is 1. The van der Waals surface area contributed by atoms with Crippen LogP contribution in [0.5, 0.6) is 5.75 Å². The summed E-state index contributed by atoms with van der Waals surface area (Å²) in [5.74, 6) is 3.27. The van der Waals surface area contributed by atoms with Gasteiger partial charge < -0.3 is 4.74 Å². The molecule has 3 atom stereocenters. The highest BCUT2D eigenvalue weighted by Gasteiger charge is 2.49. The maximum atomic E-state index is 11.5. The van der Waals surface area contributed by atoms with Gasteiger partial charge in [0.05, 0.1) is 7.11 Å². The van der Waals surface area contributed by atoms with Crippen molar-refractivity contribution in [2.45, 2.75) is 25.7 Å². The van der Waals surface area contributed by atoms with Gasteiger partial charge in [0.15, 0.2) is 0 Å². The summed E-state index contributed by atoms with van der Waals surface area (Å²) in [6, 6.07) is 8.33. The fourth-order valence-electron chi connectivity index (χ4n) is 3.15. The second kappa shape index (κ2) is 4.17. The van der Waals surface area contributed by atoms with E-state index in [0.717, 1.165) is 37.4 Å². The molecule has 0 spiro atoms. The number of benzene rings is 1. The topological polar surface area (TPSA) is 26.3 Å². The standard InChI is InChI=1S/C15H18O2/c1-17-12-5-2-10(3-6-12)8-11-4-7-15(16)14-9-13(11)14/h2-3,5-6,11,13-14H,4,7-9H2,1H3. The minimum atomic E-state index is 0.423. The van der Waals surface area contributed by atoms with E-state index < -0.39 is 0 Å². The van der Waals surface area contributed by atoms with Crippen LogP contribution in [0.3, 0.4) is 0 Å². The second-order valence-corrected chi connectivity index (χ2v) is 5.32. The Bertz CT molecular complexity index is 421. The first kappa shape index (κ1) is 10.8. The Morgan fingerprint density at radius 1 is 1.29 bits per heavy atom. The third kappa shape index (κ3) is 2.08. The Morgan fingerprint density at radius 2 is 2.06 bits per heavy atom. The number of ketones is 1. The molecule has 0 bridgehead atoms. The molecular formula is C15H18O2. The van der Waals surface area contributed by atoms with Crippen molar-refractivity contribution >= 4 is 5.78 Å². The minimum Gasteiger partial charge on any atom is -0.497 e. The van der Waals surface area contributed by atoms with Crippen LogP contribution in [-0.4, -0.2) is 12.9 Å². The number of carbonyl (C=O) groups excluding carboxylic acids is 1. The van der Waals surface area contributed by atoms with Crippen LogP contribution < -0.4 is 4.74 Å². The molecule has 2 fully saturated rings. The lowest BCUT2D eigenvalue weighted by Crippen LogP contribution is -2.19. The highest BCUT2D eigenvalue weighted by molar-refractivity contribution is 5.84. The molecule has 1 aromatic rings. The summed E-state index contributed by atoms with van der Waals surface area (Å²) in [7, 11) is 1.69. The number of Topliss-reactive ketones (excluding diaryl/α,β-unsaturated/α-hetero) is 1. The summed E-state index contributed by atoms with van der Waals surface area (Å²) in [6.45, 7) is 0. The molecule has 90 valence electrons. The summed E-state index contributed by atoms with van der Waals surface area (Å²) in [5, 5.41) is 0. The van der Waals surface area contributed by atoms with Gasteiger partial charge in [-0.25, -0.2) is 0 Å². The van der Waals surface area contributed by atoms with Gasteiger partial charge in [-0.3, -0.25) is 4.79 Å². The highest BCUT2D eigenvalue weighted by atomic mass is 16.5. The zero-order valence-electron chi connectivity index (χ0n) is 10.2. The number of hydrogen-bond acceptors (Lipinski definition) is 2. The zero-order valence-corrected chi connectivity index (χ0v) is 10.2. The van der Waals surface area contributed by atoms with Gasteiger partial charge in [0.1, 0.15) is 11.5 Å². The first-order chi connectivity index (χ1) is 8.28. The molecule has 17 heavy (non-hydrogen) atoms. The Kier molecular flexibility index (Phi) is 2.65. The summed E-state index contributed by atoms with van der Waals surface area (Å²) >= 11 is 0. The lowest BCUT2D eigenvalue weighted by Gasteiger charge is -2.20. The SMILES string of the molecule is COc1ccc(CC2CCC(=O)C3CC23)cc1. The van der Waals surface area contributed by atoms with Crippen LogP contribution in [0.25, 0.3) is 0 Å². The number of carbonyl (C=O) groups is 1. The average Bonchev–Trinajstić information content (AvgIpc) is 3.15. The summed E-state index contributed by atoms with van der Waals surface area (Å²) in [6.07, 6.45) is 4.17. The van der Waals surface area contributed by atoms with Crippen molar-refractivity contribution in [1.29, 1.82) is 0 Å². The molecule has 0 radical (unpaired) electrons. The molecule has 0 heterocycles. The first-order valence-electron chi connectivity index (χ1n) is 6.43. The molecule has 2 aliphatic rings. The van der Waals surface area contributed by atoms with E-state index in [4.69, 9.17) is 4.74 Å². The molecule has 0 N–H and O–H groups in total. The van der Waals surface area contributed by atoms with Gasteiger partial charge in [-0.05, 0) is 48.8 Å². The van der Waals surface area contributed by atoms with Crippen LogP contribution in [-0.2, 0) is 11.2 Å². The Hall–Kier alpha value is -1.31. The molecule has 0 saturated heterocycles. The van der Waals surface area contributed by atoms with Crippen LogP contribution in [0.1, 0.15) is 24.8 Å². The lowest BCUT2D eigenvalue weighted by molar-refractivity contribution is -0.122. The van der Waals surface area contributed by atoms with Crippen molar-refractivity contribution in [3.63, 3.8) is 0 Å². The van der Waals surface area contributed by atoms with E-state index in [2.05, 4.69) is 12.1 Å². The van der Waals surface area contributed by atoms with E-state index in [1.165, 1.54) is 5.56 Å². The molecular weight excluding hydrogens is 212 g/mol. The Balaban J connectivity index is 1.65. The quantitative estimate of drug-likeness (QED) is 0.798. The third-order valence-corrected chi connectivity index (χ3v) is 4.28. The molecule has 0 amide bonds. The predicted octanol–water partition coefficient (Wildman–Crippen LogP) is 2.85. The normalized spacial score (nSPS) is 30.9. The largest absolute Gasteiger partial charge is 0.497 e. The van der Waals surface area contributed by atoms with Gasteiger partial charge in [-0.1, -0.05) is 12.1 Å². The lowest BCUT2D eigenvalue weighted by atomic mass is 9.84. The predicted molar refractivity (Wildman–Crippen MR) is 66.0 cm³/mol. The van der Waals surface area contributed by atoms with E-state index in [0.29, 0.717) is 17.6 Å². The van der Waals surface area contributed by atoms with Crippen LogP contribution in [0, 0.1) is 17.8 Å². The average molecular weight is 230 g/mol. The monoisotopic (exact) mass is 230 g/mol. The summed E-state index contributed by atoms with van der Waals surface area (Å²) in [4.78, 5) is 11.5. The number of rotatable bonds is 3. The fourth-order valence-corrected chi connectivity index (χ4v) is 3.15. The van der Waals surface area contributed by atoms with Crippen LogP contribution in [0.15, 0.2) is 24.3 Å². The minimum absolute atomic E-state index is 0.423. The van der Waals surface area contributed by atoms with Gasteiger partial charge in [0, 0.05) is 12.3 Å².